The molecule has 0 aliphatic carbocycles. The van der Waals surface area contributed by atoms with Crippen molar-refractivity contribution in [2.24, 2.45) is 0 Å². The summed E-state index contributed by atoms with van der Waals surface area (Å²) in [4.78, 5) is 0. The van der Waals surface area contributed by atoms with Crippen molar-refractivity contribution in [2.45, 2.75) is 18.9 Å². The third-order valence-electron chi connectivity index (χ3n) is 2.63. The van der Waals surface area contributed by atoms with Gasteiger partial charge in [-0.2, -0.15) is 0 Å². The lowest BCUT2D eigenvalue weighted by Gasteiger charge is -2.22. The number of rotatable bonds is 8. The molecule has 0 saturated carbocycles. The number of methoxy groups -OCH3 is 1. The summed E-state index contributed by atoms with van der Waals surface area (Å²) in [5.74, 6) is 0.0000749. The Bertz CT molecular complexity index is 471. The van der Waals surface area contributed by atoms with Crippen LogP contribution in [0.2, 0.25) is 0 Å². The quantitative estimate of drug-likeness (QED) is 0.732. The van der Waals surface area contributed by atoms with Crippen LogP contribution in [0.15, 0.2) is 30.3 Å². The molecular weight excluding hydrogens is 266 g/mol. The predicted octanol–water partition coefficient (Wildman–Crippen LogP) is 0.546. The van der Waals surface area contributed by atoms with E-state index >= 15 is 0 Å². The van der Waals surface area contributed by atoms with Gasteiger partial charge in [0.15, 0.2) is 0 Å². The van der Waals surface area contributed by atoms with Crippen molar-refractivity contribution in [3.8, 4) is 0 Å². The number of aryl methyl sites for hydroxylation is 1. The second-order valence-corrected chi connectivity index (χ2v) is 6.73. The van der Waals surface area contributed by atoms with Crippen molar-refractivity contribution in [3.05, 3.63) is 35.9 Å². The molecule has 0 aliphatic heterocycles. The molecule has 0 spiro atoms. The Morgan fingerprint density at radius 3 is 2.53 bits per heavy atom. The number of sulfonamides is 1. The number of ether oxygens (including phenoxy) is 1. The molecule has 0 aliphatic rings. The highest BCUT2D eigenvalue weighted by Gasteiger charge is 2.23. The van der Waals surface area contributed by atoms with Gasteiger partial charge in [0.05, 0.1) is 18.0 Å². The minimum Gasteiger partial charge on any atom is -0.386 e. The SMILES string of the molecule is COCC(C)(O)CNS(=O)(=O)CCc1ccccc1. The molecule has 0 saturated heterocycles. The maximum Gasteiger partial charge on any atom is 0.212 e. The summed E-state index contributed by atoms with van der Waals surface area (Å²) in [6, 6.07) is 9.41. The van der Waals surface area contributed by atoms with Gasteiger partial charge in [0, 0.05) is 13.7 Å². The molecule has 1 atom stereocenters. The zero-order chi connectivity index (χ0) is 14.4. The summed E-state index contributed by atoms with van der Waals surface area (Å²) in [5, 5.41) is 9.81. The van der Waals surface area contributed by atoms with Crippen molar-refractivity contribution in [1.29, 1.82) is 0 Å². The summed E-state index contributed by atoms with van der Waals surface area (Å²) in [6.07, 6.45) is 0.447. The standard InChI is InChI=1S/C13H21NO4S/c1-13(15,11-18-2)10-14-19(16,17)9-8-12-6-4-3-5-7-12/h3-7,14-15H,8-11H2,1-2H3. The van der Waals surface area contributed by atoms with Gasteiger partial charge in [0.1, 0.15) is 0 Å². The molecule has 1 aromatic carbocycles. The lowest BCUT2D eigenvalue weighted by Crippen LogP contribution is -2.44. The predicted molar refractivity (Wildman–Crippen MR) is 74.4 cm³/mol. The monoisotopic (exact) mass is 287 g/mol. The molecule has 0 heterocycles. The van der Waals surface area contributed by atoms with Gasteiger partial charge in [-0.1, -0.05) is 30.3 Å². The number of aliphatic hydroxyl groups is 1. The fraction of sp³-hybridized carbons (Fsp3) is 0.538. The van der Waals surface area contributed by atoms with Crippen molar-refractivity contribution in [3.63, 3.8) is 0 Å². The van der Waals surface area contributed by atoms with Crippen LogP contribution in [0.1, 0.15) is 12.5 Å². The highest BCUT2D eigenvalue weighted by Crippen LogP contribution is 2.04. The Morgan fingerprint density at radius 1 is 1.32 bits per heavy atom. The first kappa shape index (κ1) is 16.1. The second-order valence-electron chi connectivity index (χ2n) is 4.81. The minimum absolute atomic E-state index is 0.0000749. The fourth-order valence-corrected chi connectivity index (χ4v) is 2.78. The van der Waals surface area contributed by atoms with E-state index in [0.29, 0.717) is 6.42 Å². The van der Waals surface area contributed by atoms with Crippen LogP contribution in [0.3, 0.4) is 0 Å². The molecule has 0 fully saturated rings. The average Bonchev–Trinajstić information content (AvgIpc) is 2.36. The molecule has 1 rings (SSSR count). The van der Waals surface area contributed by atoms with Gasteiger partial charge in [0.2, 0.25) is 10.0 Å². The zero-order valence-electron chi connectivity index (χ0n) is 11.3. The molecule has 0 radical (unpaired) electrons. The van der Waals surface area contributed by atoms with E-state index in [4.69, 9.17) is 4.74 Å². The van der Waals surface area contributed by atoms with Crippen molar-refractivity contribution in [1.82, 2.24) is 4.72 Å². The van der Waals surface area contributed by atoms with E-state index in [1.165, 1.54) is 14.0 Å². The van der Waals surface area contributed by atoms with Crippen LogP contribution < -0.4 is 4.72 Å². The van der Waals surface area contributed by atoms with Crippen LogP contribution in [0.25, 0.3) is 0 Å². The van der Waals surface area contributed by atoms with Crippen molar-refractivity contribution < 1.29 is 18.3 Å². The van der Waals surface area contributed by atoms with E-state index in [1.54, 1.807) is 0 Å². The van der Waals surface area contributed by atoms with E-state index in [2.05, 4.69) is 4.72 Å². The van der Waals surface area contributed by atoms with Crippen molar-refractivity contribution >= 4 is 10.0 Å². The Labute approximate surface area is 114 Å². The maximum absolute atomic E-state index is 11.8. The van der Waals surface area contributed by atoms with E-state index in [1.807, 2.05) is 30.3 Å². The number of hydrogen-bond donors (Lipinski definition) is 2. The fourth-order valence-electron chi connectivity index (χ4n) is 1.60. The first-order valence-electron chi connectivity index (χ1n) is 6.07. The average molecular weight is 287 g/mol. The third kappa shape index (κ3) is 6.68. The molecule has 0 amide bonds. The summed E-state index contributed by atoms with van der Waals surface area (Å²) >= 11 is 0. The van der Waals surface area contributed by atoms with Crippen LogP contribution in [0.4, 0.5) is 0 Å². The van der Waals surface area contributed by atoms with Gasteiger partial charge in [0.25, 0.3) is 0 Å². The van der Waals surface area contributed by atoms with Gasteiger partial charge in [-0.3, -0.25) is 0 Å². The lowest BCUT2D eigenvalue weighted by molar-refractivity contribution is -0.0119. The largest absolute Gasteiger partial charge is 0.386 e. The normalized spacial score (nSPS) is 15.1. The summed E-state index contributed by atoms with van der Waals surface area (Å²) in [6.45, 7) is 1.54. The third-order valence-corrected chi connectivity index (χ3v) is 3.96. The molecule has 5 nitrogen and oxygen atoms in total. The molecular formula is C13H21NO4S. The van der Waals surface area contributed by atoms with Gasteiger partial charge in [-0.25, -0.2) is 13.1 Å². The molecule has 1 aromatic rings. The smallest absolute Gasteiger partial charge is 0.212 e. The zero-order valence-corrected chi connectivity index (χ0v) is 12.1. The van der Waals surface area contributed by atoms with E-state index in [9.17, 15) is 13.5 Å². The van der Waals surface area contributed by atoms with Crippen LogP contribution >= 0.6 is 0 Å². The molecule has 19 heavy (non-hydrogen) atoms. The minimum atomic E-state index is -3.40. The Balaban J connectivity index is 2.44. The molecule has 108 valence electrons. The molecule has 0 aromatic heterocycles. The second kappa shape index (κ2) is 7.00. The van der Waals surface area contributed by atoms with E-state index < -0.39 is 15.6 Å². The van der Waals surface area contributed by atoms with Gasteiger partial charge < -0.3 is 9.84 Å². The highest BCUT2D eigenvalue weighted by atomic mass is 32.2. The van der Waals surface area contributed by atoms with Gasteiger partial charge >= 0.3 is 0 Å². The van der Waals surface area contributed by atoms with E-state index in [-0.39, 0.29) is 18.9 Å². The number of hydrogen-bond acceptors (Lipinski definition) is 4. The van der Waals surface area contributed by atoms with Gasteiger partial charge in [-0.15, -0.1) is 0 Å². The topological polar surface area (TPSA) is 75.6 Å². The van der Waals surface area contributed by atoms with Crippen LogP contribution in [0, 0.1) is 0 Å². The molecule has 6 heteroatoms. The maximum atomic E-state index is 11.8. The molecule has 0 bridgehead atoms. The van der Waals surface area contributed by atoms with Crippen LogP contribution in [-0.2, 0) is 21.2 Å². The Kier molecular flexibility index (Phi) is 5.93. The van der Waals surface area contributed by atoms with Crippen molar-refractivity contribution in [2.75, 3.05) is 26.0 Å². The Morgan fingerprint density at radius 2 is 1.95 bits per heavy atom. The number of nitrogens with one attached hydrogen (secondary N) is 1. The summed E-state index contributed by atoms with van der Waals surface area (Å²) in [5.41, 5.74) is -0.231. The van der Waals surface area contributed by atoms with Crippen LogP contribution in [0.5, 0.6) is 0 Å². The highest BCUT2D eigenvalue weighted by molar-refractivity contribution is 7.89. The summed E-state index contributed by atoms with van der Waals surface area (Å²) in [7, 11) is -1.94. The first-order chi connectivity index (χ1) is 8.85. The molecule has 1 unspecified atom stereocenters. The lowest BCUT2D eigenvalue weighted by atomic mass is 10.1. The number of benzene rings is 1. The first-order valence-corrected chi connectivity index (χ1v) is 7.72. The Hall–Kier alpha value is -0.950. The molecule has 2 N–H and O–H groups in total. The van der Waals surface area contributed by atoms with Crippen LogP contribution in [-0.4, -0.2) is 45.1 Å². The summed E-state index contributed by atoms with van der Waals surface area (Å²) < 4.78 is 30.8. The van der Waals surface area contributed by atoms with Gasteiger partial charge in [-0.05, 0) is 18.9 Å². The van der Waals surface area contributed by atoms with E-state index in [0.717, 1.165) is 5.56 Å².